The third-order valence-corrected chi connectivity index (χ3v) is 8.34. The molecule has 0 aromatic rings. The van der Waals surface area contributed by atoms with Gasteiger partial charge >= 0.3 is 0 Å². The van der Waals surface area contributed by atoms with Crippen molar-refractivity contribution in [2.75, 3.05) is 32.8 Å². The van der Waals surface area contributed by atoms with Gasteiger partial charge in [0.2, 0.25) is 17.7 Å². The zero-order valence-corrected chi connectivity index (χ0v) is 22.6. The van der Waals surface area contributed by atoms with Crippen molar-refractivity contribution in [3.63, 3.8) is 0 Å². The molecule has 3 unspecified atom stereocenters. The van der Waals surface area contributed by atoms with E-state index in [-0.39, 0.29) is 36.9 Å². The van der Waals surface area contributed by atoms with E-state index in [0.29, 0.717) is 38.9 Å². The Morgan fingerprint density at radius 3 is 2.47 bits per heavy atom. The molecule has 0 aromatic heterocycles. The lowest BCUT2D eigenvalue weighted by Crippen LogP contribution is -2.58. The van der Waals surface area contributed by atoms with E-state index >= 15 is 0 Å². The lowest BCUT2D eigenvalue weighted by Gasteiger charge is -2.39. The first kappa shape index (κ1) is 28.4. The second-order valence-electron chi connectivity index (χ2n) is 10.8. The second kappa shape index (κ2) is 11.5. The molecule has 0 saturated carbocycles. The number of likely N-dealkylation sites (tertiary alicyclic amines) is 1. The summed E-state index contributed by atoms with van der Waals surface area (Å²) in [7, 11) is 0. The summed E-state index contributed by atoms with van der Waals surface area (Å²) >= 11 is 0. The van der Waals surface area contributed by atoms with Crippen LogP contribution in [0.25, 0.3) is 0 Å². The van der Waals surface area contributed by atoms with Gasteiger partial charge in [-0.3, -0.25) is 14.4 Å². The third-order valence-electron chi connectivity index (χ3n) is 8.34. The SMILES string of the molecule is C=CCN(CCC)C(=O)[C@H]1[C@H]2C(=O)N(CCCO)C(C(=O)N(CC=C)C(C)CCC)C23CC[C@]1(C)O3. The fourth-order valence-electron chi connectivity index (χ4n) is 6.83. The molecule has 1 spiro atoms. The van der Waals surface area contributed by atoms with Crippen LogP contribution in [0.4, 0.5) is 0 Å². The molecule has 3 rings (SSSR count). The van der Waals surface area contributed by atoms with Crippen LogP contribution in [0.15, 0.2) is 25.3 Å². The molecule has 8 nitrogen and oxygen atoms in total. The molecule has 2 bridgehead atoms. The Hall–Kier alpha value is -2.19. The number of fused-ring (bicyclic) bond motifs is 1. The van der Waals surface area contributed by atoms with Crippen LogP contribution in [-0.4, -0.2) is 93.6 Å². The van der Waals surface area contributed by atoms with Crippen molar-refractivity contribution in [2.24, 2.45) is 11.8 Å². The van der Waals surface area contributed by atoms with Gasteiger partial charge in [-0.05, 0) is 46.0 Å². The van der Waals surface area contributed by atoms with E-state index in [1.807, 2.05) is 20.8 Å². The van der Waals surface area contributed by atoms with E-state index in [9.17, 15) is 19.5 Å². The summed E-state index contributed by atoms with van der Waals surface area (Å²) in [6.07, 6.45) is 7.50. The first-order chi connectivity index (χ1) is 17.2. The van der Waals surface area contributed by atoms with Gasteiger partial charge in [-0.15, -0.1) is 13.2 Å². The van der Waals surface area contributed by atoms with Gasteiger partial charge in [0.05, 0.1) is 17.4 Å². The van der Waals surface area contributed by atoms with Crippen molar-refractivity contribution >= 4 is 17.7 Å². The van der Waals surface area contributed by atoms with Crippen LogP contribution in [0.3, 0.4) is 0 Å². The number of amides is 3. The molecule has 3 aliphatic heterocycles. The number of carbonyl (C=O) groups excluding carboxylic acids is 3. The quantitative estimate of drug-likeness (QED) is 0.368. The number of nitrogens with zero attached hydrogens (tertiary/aromatic N) is 3. The molecular formula is C28H45N3O5. The Labute approximate surface area is 216 Å². The molecule has 0 radical (unpaired) electrons. The van der Waals surface area contributed by atoms with E-state index < -0.39 is 29.1 Å². The van der Waals surface area contributed by atoms with Gasteiger partial charge in [0.25, 0.3) is 0 Å². The second-order valence-corrected chi connectivity index (χ2v) is 10.8. The maximum absolute atomic E-state index is 14.2. The molecule has 8 heteroatoms. The molecule has 6 atom stereocenters. The summed E-state index contributed by atoms with van der Waals surface area (Å²) in [5.74, 6) is -1.83. The molecule has 3 fully saturated rings. The number of hydrogen-bond acceptors (Lipinski definition) is 5. The normalized spacial score (nSPS) is 31.3. The standard InChI is InChI=1S/C28H45N3O5/c1-7-12-20(5)30(17-10-4)26(35)23-28-14-13-27(6,36-28)21(24(33)29(15-8-2)16-9-3)22(28)25(34)31(23)18-11-19-32/h8,10,20-23,32H,2,4,7,9,11-19H2,1,3,5-6H3/t20?,21-,22+,23?,27+,28?/m1/s1. The van der Waals surface area contributed by atoms with E-state index in [4.69, 9.17) is 4.74 Å². The van der Waals surface area contributed by atoms with E-state index in [2.05, 4.69) is 20.1 Å². The Balaban J connectivity index is 2.07. The van der Waals surface area contributed by atoms with Gasteiger partial charge in [0.1, 0.15) is 11.6 Å². The molecular weight excluding hydrogens is 458 g/mol. The largest absolute Gasteiger partial charge is 0.396 e. The van der Waals surface area contributed by atoms with Gasteiger partial charge in [0.15, 0.2) is 0 Å². The smallest absolute Gasteiger partial charge is 0.248 e. The van der Waals surface area contributed by atoms with Crippen LogP contribution in [-0.2, 0) is 19.1 Å². The zero-order chi connectivity index (χ0) is 26.7. The number of hydrogen-bond donors (Lipinski definition) is 1. The summed E-state index contributed by atoms with van der Waals surface area (Å²) in [4.78, 5) is 47.4. The van der Waals surface area contributed by atoms with Crippen molar-refractivity contribution in [1.82, 2.24) is 14.7 Å². The Morgan fingerprint density at radius 1 is 1.19 bits per heavy atom. The zero-order valence-electron chi connectivity index (χ0n) is 22.6. The van der Waals surface area contributed by atoms with Gasteiger partial charge in [0, 0.05) is 38.8 Å². The Morgan fingerprint density at radius 2 is 1.89 bits per heavy atom. The molecule has 202 valence electrons. The van der Waals surface area contributed by atoms with Crippen LogP contribution in [0.5, 0.6) is 0 Å². The lowest BCUT2D eigenvalue weighted by molar-refractivity contribution is -0.154. The molecule has 3 saturated heterocycles. The maximum Gasteiger partial charge on any atom is 0.248 e. The van der Waals surface area contributed by atoms with E-state index in [1.54, 1.807) is 26.9 Å². The molecule has 3 amide bonds. The minimum absolute atomic E-state index is 0.0231. The van der Waals surface area contributed by atoms with Crippen LogP contribution in [0.2, 0.25) is 0 Å². The number of aliphatic hydroxyl groups excluding tert-OH is 1. The minimum atomic E-state index is -1.05. The summed E-state index contributed by atoms with van der Waals surface area (Å²) in [6.45, 7) is 17.2. The van der Waals surface area contributed by atoms with E-state index in [1.165, 1.54) is 0 Å². The highest BCUT2D eigenvalue weighted by atomic mass is 16.5. The lowest BCUT2D eigenvalue weighted by atomic mass is 9.66. The molecule has 3 heterocycles. The fraction of sp³-hybridized carbons (Fsp3) is 0.750. The molecule has 0 aromatic carbocycles. The fourth-order valence-corrected chi connectivity index (χ4v) is 6.83. The number of ether oxygens (including phenoxy) is 1. The summed E-state index contributed by atoms with van der Waals surface area (Å²) < 4.78 is 6.72. The Kier molecular flexibility index (Phi) is 9.04. The van der Waals surface area contributed by atoms with E-state index in [0.717, 1.165) is 19.3 Å². The van der Waals surface area contributed by atoms with Gasteiger partial charge in [-0.25, -0.2) is 0 Å². The highest BCUT2D eigenvalue weighted by molar-refractivity contribution is 5.99. The van der Waals surface area contributed by atoms with Crippen LogP contribution >= 0.6 is 0 Å². The molecule has 1 N–H and O–H groups in total. The highest BCUT2D eigenvalue weighted by Gasteiger charge is 2.78. The van der Waals surface area contributed by atoms with Crippen LogP contribution in [0, 0.1) is 11.8 Å². The Bertz CT molecular complexity index is 862. The molecule has 0 aliphatic carbocycles. The molecule has 36 heavy (non-hydrogen) atoms. The summed E-state index contributed by atoms with van der Waals surface area (Å²) in [5, 5.41) is 9.55. The van der Waals surface area contributed by atoms with Crippen LogP contribution < -0.4 is 0 Å². The summed E-state index contributed by atoms with van der Waals surface area (Å²) in [6, 6.07) is -0.843. The van der Waals surface area contributed by atoms with Crippen LogP contribution in [0.1, 0.15) is 66.2 Å². The number of rotatable bonds is 14. The summed E-state index contributed by atoms with van der Waals surface area (Å²) in [5.41, 5.74) is -1.85. The van der Waals surface area contributed by atoms with Crippen molar-refractivity contribution in [1.29, 1.82) is 0 Å². The number of aliphatic hydroxyl groups is 1. The first-order valence-electron chi connectivity index (χ1n) is 13.6. The van der Waals surface area contributed by atoms with Crippen molar-refractivity contribution < 1.29 is 24.2 Å². The highest BCUT2D eigenvalue weighted by Crippen LogP contribution is 2.63. The predicted molar refractivity (Wildman–Crippen MR) is 139 cm³/mol. The third kappa shape index (κ3) is 4.62. The topological polar surface area (TPSA) is 90.4 Å². The molecule has 3 aliphatic rings. The predicted octanol–water partition coefficient (Wildman–Crippen LogP) is 2.76. The number of carbonyl (C=O) groups is 3. The average Bonchev–Trinajstić information content (AvgIpc) is 3.41. The van der Waals surface area contributed by atoms with Gasteiger partial charge < -0.3 is 24.5 Å². The van der Waals surface area contributed by atoms with Crippen molar-refractivity contribution in [3.8, 4) is 0 Å². The maximum atomic E-state index is 14.2. The van der Waals surface area contributed by atoms with Crippen molar-refractivity contribution in [2.45, 2.75) is 89.5 Å². The minimum Gasteiger partial charge on any atom is -0.396 e. The average molecular weight is 504 g/mol. The monoisotopic (exact) mass is 503 g/mol. The van der Waals surface area contributed by atoms with Gasteiger partial charge in [-0.2, -0.15) is 0 Å². The van der Waals surface area contributed by atoms with Gasteiger partial charge in [-0.1, -0.05) is 32.4 Å². The van der Waals surface area contributed by atoms with Crippen molar-refractivity contribution in [3.05, 3.63) is 25.3 Å². The first-order valence-corrected chi connectivity index (χ1v) is 13.6.